The smallest absolute Gasteiger partial charge is 0.384 e. The van der Waals surface area contributed by atoms with Crippen LogP contribution in [0.5, 0.6) is 0 Å². The summed E-state index contributed by atoms with van der Waals surface area (Å²) in [6.07, 6.45) is -4.48. The third-order valence-corrected chi connectivity index (χ3v) is 3.61. The predicted octanol–water partition coefficient (Wildman–Crippen LogP) is 5.11. The number of hydrogen-bond donors (Lipinski definition) is 2. The highest BCUT2D eigenvalue weighted by Crippen LogP contribution is 2.36. The van der Waals surface area contributed by atoms with E-state index in [1.54, 1.807) is 12.1 Å². The number of amides is 1. The van der Waals surface area contributed by atoms with Gasteiger partial charge in [-0.2, -0.15) is 13.2 Å². The summed E-state index contributed by atoms with van der Waals surface area (Å²) >= 11 is 5.62. The highest BCUT2D eigenvalue weighted by molar-refractivity contribution is 6.30. The van der Waals surface area contributed by atoms with Gasteiger partial charge in [-0.25, -0.2) is 0 Å². The van der Waals surface area contributed by atoms with Crippen LogP contribution in [0.3, 0.4) is 0 Å². The van der Waals surface area contributed by atoms with Crippen molar-refractivity contribution >= 4 is 28.9 Å². The van der Waals surface area contributed by atoms with Crippen LogP contribution in [0, 0.1) is 6.92 Å². The van der Waals surface area contributed by atoms with Crippen molar-refractivity contribution in [3.63, 3.8) is 0 Å². The molecule has 128 valence electrons. The Morgan fingerprint density at radius 2 is 1.83 bits per heavy atom. The van der Waals surface area contributed by atoms with Crippen LogP contribution < -0.4 is 10.6 Å². The molecule has 3 nitrogen and oxygen atoms in total. The van der Waals surface area contributed by atoms with E-state index in [-0.39, 0.29) is 29.6 Å². The number of benzene rings is 2. The minimum absolute atomic E-state index is 0.00479. The van der Waals surface area contributed by atoms with Crippen molar-refractivity contribution < 1.29 is 18.0 Å². The van der Waals surface area contributed by atoms with Crippen LogP contribution in [-0.2, 0) is 11.0 Å². The molecule has 2 aromatic carbocycles. The van der Waals surface area contributed by atoms with E-state index in [2.05, 4.69) is 10.6 Å². The van der Waals surface area contributed by atoms with Crippen LogP contribution in [0.4, 0.5) is 24.5 Å². The van der Waals surface area contributed by atoms with Gasteiger partial charge in [0.25, 0.3) is 0 Å². The van der Waals surface area contributed by atoms with E-state index < -0.39 is 11.7 Å². The lowest BCUT2D eigenvalue weighted by Crippen LogP contribution is -2.18. The first-order valence-electron chi connectivity index (χ1n) is 7.23. The average molecular weight is 357 g/mol. The van der Waals surface area contributed by atoms with E-state index in [1.807, 2.05) is 19.1 Å². The molecule has 0 heterocycles. The number of nitrogens with one attached hydrogen (secondary N) is 2. The maximum atomic E-state index is 13.0. The van der Waals surface area contributed by atoms with Crippen LogP contribution in [0.1, 0.15) is 17.5 Å². The summed E-state index contributed by atoms with van der Waals surface area (Å²) < 4.78 is 38.9. The number of anilines is 2. The lowest BCUT2D eigenvalue weighted by Gasteiger charge is -2.15. The highest BCUT2D eigenvalue weighted by atomic mass is 35.5. The Morgan fingerprint density at radius 3 is 2.50 bits per heavy atom. The zero-order chi connectivity index (χ0) is 17.7. The molecule has 24 heavy (non-hydrogen) atoms. The molecule has 0 aliphatic heterocycles. The Hall–Kier alpha value is -2.21. The maximum absolute atomic E-state index is 13.0. The van der Waals surface area contributed by atoms with Gasteiger partial charge >= 0.3 is 6.18 Å². The van der Waals surface area contributed by atoms with Crippen molar-refractivity contribution in [2.24, 2.45) is 0 Å². The van der Waals surface area contributed by atoms with E-state index >= 15 is 0 Å². The van der Waals surface area contributed by atoms with E-state index in [1.165, 1.54) is 12.1 Å². The van der Waals surface area contributed by atoms with Crippen LogP contribution in [-0.4, -0.2) is 12.5 Å². The summed E-state index contributed by atoms with van der Waals surface area (Å²) in [5.41, 5.74) is 0.644. The topological polar surface area (TPSA) is 41.1 Å². The number of carbonyl (C=O) groups is 1. The van der Waals surface area contributed by atoms with Crippen molar-refractivity contribution in [3.05, 3.63) is 58.6 Å². The molecule has 2 aromatic rings. The molecule has 0 fully saturated rings. The fraction of sp³-hybridized carbons (Fsp3) is 0.235. The second-order valence-electron chi connectivity index (χ2n) is 5.23. The minimum atomic E-state index is -4.52. The summed E-state index contributed by atoms with van der Waals surface area (Å²) in [4.78, 5) is 11.9. The molecular weight excluding hydrogens is 341 g/mol. The van der Waals surface area contributed by atoms with E-state index in [4.69, 9.17) is 11.6 Å². The third-order valence-electron chi connectivity index (χ3n) is 3.37. The number of carbonyl (C=O) groups excluding carboxylic acids is 1. The molecule has 0 radical (unpaired) electrons. The van der Waals surface area contributed by atoms with Crippen molar-refractivity contribution in [2.45, 2.75) is 19.5 Å². The van der Waals surface area contributed by atoms with Crippen molar-refractivity contribution in [1.82, 2.24) is 0 Å². The molecule has 0 aliphatic rings. The normalized spacial score (nSPS) is 11.2. The van der Waals surface area contributed by atoms with Gasteiger partial charge in [0, 0.05) is 29.4 Å². The van der Waals surface area contributed by atoms with Gasteiger partial charge in [0.2, 0.25) is 5.91 Å². The standard InChI is InChI=1S/C17H16ClF3N2O/c1-11-4-2-3-5-14(11)23-16(24)8-9-22-15-7-6-12(18)10-13(15)17(19,20)21/h2-7,10,22H,8-9H2,1H3,(H,23,24). The summed E-state index contributed by atoms with van der Waals surface area (Å²) in [5.74, 6) is -0.278. The molecule has 7 heteroatoms. The molecule has 0 saturated carbocycles. The fourth-order valence-corrected chi connectivity index (χ4v) is 2.31. The number of rotatable bonds is 5. The lowest BCUT2D eigenvalue weighted by molar-refractivity contribution is -0.137. The summed E-state index contributed by atoms with van der Waals surface area (Å²) in [6, 6.07) is 10.8. The Labute approximate surface area is 142 Å². The molecule has 0 saturated heterocycles. The molecule has 1 amide bonds. The fourth-order valence-electron chi connectivity index (χ4n) is 2.14. The average Bonchev–Trinajstić information content (AvgIpc) is 2.50. The molecule has 2 rings (SSSR count). The van der Waals surface area contributed by atoms with E-state index in [0.717, 1.165) is 11.6 Å². The van der Waals surface area contributed by atoms with Crippen LogP contribution in [0.25, 0.3) is 0 Å². The van der Waals surface area contributed by atoms with Gasteiger partial charge in [0.1, 0.15) is 0 Å². The zero-order valence-corrected chi connectivity index (χ0v) is 13.6. The number of halogens is 4. The van der Waals surface area contributed by atoms with Crippen molar-refractivity contribution in [2.75, 3.05) is 17.2 Å². The second-order valence-corrected chi connectivity index (χ2v) is 5.66. The molecule has 0 unspecified atom stereocenters. The maximum Gasteiger partial charge on any atom is 0.418 e. The van der Waals surface area contributed by atoms with Gasteiger partial charge in [-0.3, -0.25) is 4.79 Å². The molecule has 0 aliphatic carbocycles. The molecule has 0 spiro atoms. The van der Waals surface area contributed by atoms with Gasteiger partial charge < -0.3 is 10.6 Å². The first-order valence-corrected chi connectivity index (χ1v) is 7.61. The predicted molar refractivity (Wildman–Crippen MR) is 89.4 cm³/mol. The number of hydrogen-bond acceptors (Lipinski definition) is 2. The largest absolute Gasteiger partial charge is 0.418 e. The molecule has 0 aromatic heterocycles. The van der Waals surface area contributed by atoms with E-state index in [0.29, 0.717) is 5.69 Å². The Bertz CT molecular complexity index is 732. The molecule has 0 bridgehead atoms. The Kier molecular flexibility index (Phi) is 5.72. The zero-order valence-electron chi connectivity index (χ0n) is 12.9. The van der Waals surface area contributed by atoms with Crippen LogP contribution in [0.15, 0.2) is 42.5 Å². The first-order chi connectivity index (χ1) is 11.3. The summed E-state index contributed by atoms with van der Waals surface area (Å²) in [6.45, 7) is 1.93. The minimum Gasteiger partial charge on any atom is -0.384 e. The number of alkyl halides is 3. The van der Waals surface area contributed by atoms with Crippen LogP contribution >= 0.6 is 11.6 Å². The Morgan fingerprint density at radius 1 is 1.12 bits per heavy atom. The van der Waals surface area contributed by atoms with Crippen molar-refractivity contribution in [3.8, 4) is 0 Å². The lowest BCUT2D eigenvalue weighted by atomic mass is 10.1. The van der Waals surface area contributed by atoms with Gasteiger partial charge in [0.15, 0.2) is 0 Å². The van der Waals surface area contributed by atoms with E-state index in [9.17, 15) is 18.0 Å². The number of aryl methyl sites for hydroxylation is 1. The summed E-state index contributed by atoms with van der Waals surface area (Å²) in [5, 5.41) is 5.37. The summed E-state index contributed by atoms with van der Waals surface area (Å²) in [7, 11) is 0. The van der Waals surface area contributed by atoms with Gasteiger partial charge in [-0.05, 0) is 36.8 Å². The highest BCUT2D eigenvalue weighted by Gasteiger charge is 2.33. The first kappa shape index (κ1) is 18.1. The third kappa shape index (κ3) is 4.89. The quantitative estimate of drug-likeness (QED) is 0.781. The van der Waals surface area contributed by atoms with Crippen molar-refractivity contribution in [1.29, 1.82) is 0 Å². The second kappa shape index (κ2) is 7.57. The van der Waals surface area contributed by atoms with Gasteiger partial charge in [-0.1, -0.05) is 29.8 Å². The molecular formula is C17H16ClF3N2O. The van der Waals surface area contributed by atoms with Gasteiger partial charge in [-0.15, -0.1) is 0 Å². The van der Waals surface area contributed by atoms with Crippen LogP contribution in [0.2, 0.25) is 5.02 Å². The molecule has 0 atom stereocenters. The Balaban J connectivity index is 1.95. The number of para-hydroxylation sites is 1. The molecule has 2 N–H and O–H groups in total. The monoisotopic (exact) mass is 356 g/mol. The van der Waals surface area contributed by atoms with Gasteiger partial charge in [0.05, 0.1) is 5.56 Å². The SMILES string of the molecule is Cc1ccccc1NC(=O)CCNc1ccc(Cl)cc1C(F)(F)F.